The summed E-state index contributed by atoms with van der Waals surface area (Å²) in [4.78, 5) is 16.1. The van der Waals surface area contributed by atoms with Crippen molar-refractivity contribution in [2.24, 2.45) is 0 Å². The molecule has 3 rings (SSSR count). The number of carbonyl (C=O) groups excluding carboxylic acids is 1. The highest BCUT2D eigenvalue weighted by molar-refractivity contribution is 6.23. The van der Waals surface area contributed by atoms with Gasteiger partial charge in [0.1, 0.15) is 35.2 Å². The number of esters is 1. The molecule has 0 spiro atoms. The van der Waals surface area contributed by atoms with Crippen LogP contribution in [0.2, 0.25) is 0 Å². The van der Waals surface area contributed by atoms with Crippen molar-refractivity contribution < 1.29 is 34.3 Å². The number of nitrogens with zero attached hydrogens (tertiary/aromatic N) is 1. The van der Waals surface area contributed by atoms with Gasteiger partial charge in [0.05, 0.1) is 19.8 Å². The summed E-state index contributed by atoms with van der Waals surface area (Å²) in [6, 6.07) is 1.89. The fraction of sp³-hybridized carbons (Fsp3) is 0.600. The maximum Gasteiger partial charge on any atom is 0.341 e. The van der Waals surface area contributed by atoms with Gasteiger partial charge < -0.3 is 34.8 Å². The molecule has 9 nitrogen and oxygen atoms in total. The van der Waals surface area contributed by atoms with Crippen LogP contribution in [0, 0.1) is 0 Å². The number of hydrogen-bond acceptors (Lipinski definition) is 9. The lowest BCUT2D eigenvalue weighted by atomic mass is 9.88. The molecule has 3 heterocycles. The van der Waals surface area contributed by atoms with E-state index in [0.29, 0.717) is 0 Å². The van der Waals surface area contributed by atoms with Gasteiger partial charge in [-0.2, -0.15) is 0 Å². The smallest absolute Gasteiger partial charge is 0.341 e. The number of ether oxygens (including phenoxy) is 3. The third-order valence-corrected chi connectivity index (χ3v) is 4.72. The minimum Gasteiger partial charge on any atom is -0.462 e. The number of anilines is 1. The maximum absolute atomic E-state index is 12.0. The van der Waals surface area contributed by atoms with Crippen LogP contribution in [0.15, 0.2) is 18.3 Å². The van der Waals surface area contributed by atoms with E-state index in [1.165, 1.54) is 12.3 Å². The van der Waals surface area contributed by atoms with Crippen molar-refractivity contribution in [3.63, 3.8) is 0 Å². The maximum atomic E-state index is 12.0. The number of fused-ring (bicyclic) bond motifs is 2. The summed E-state index contributed by atoms with van der Waals surface area (Å²) in [7, 11) is 0. The Kier molecular flexibility index (Phi) is 4.89. The average molecular weight is 375 g/mol. The SMILES string of the molecule is CCOC(=O)c1cccnc1N[C@@H]1[C@@H](O)[C@@H](O)[C@]2(CO)CO[C@]1(Cl)O2. The van der Waals surface area contributed by atoms with E-state index in [9.17, 15) is 20.1 Å². The first-order valence-electron chi connectivity index (χ1n) is 7.75. The van der Waals surface area contributed by atoms with Crippen molar-refractivity contribution in [1.29, 1.82) is 0 Å². The minimum atomic E-state index is -1.84. The van der Waals surface area contributed by atoms with E-state index in [2.05, 4.69) is 10.3 Å². The van der Waals surface area contributed by atoms with Gasteiger partial charge in [-0.25, -0.2) is 9.78 Å². The predicted octanol–water partition coefficient (Wildman–Crippen LogP) is -0.555. The van der Waals surface area contributed by atoms with Gasteiger partial charge in [-0.15, -0.1) is 0 Å². The Labute approximate surface area is 148 Å². The summed E-state index contributed by atoms with van der Waals surface area (Å²) in [5.41, 5.74) is -1.38. The molecule has 0 saturated carbocycles. The van der Waals surface area contributed by atoms with Crippen LogP contribution in [0.5, 0.6) is 0 Å². The van der Waals surface area contributed by atoms with E-state index in [1.54, 1.807) is 13.0 Å². The first-order chi connectivity index (χ1) is 11.9. The molecule has 138 valence electrons. The minimum absolute atomic E-state index is 0.0906. The van der Waals surface area contributed by atoms with Crippen molar-refractivity contribution in [2.45, 2.75) is 36.0 Å². The average Bonchev–Trinajstić information content (AvgIpc) is 2.95. The van der Waals surface area contributed by atoms with Gasteiger partial charge in [0.25, 0.3) is 5.25 Å². The molecule has 0 aromatic carbocycles. The molecule has 2 bridgehead atoms. The van der Waals surface area contributed by atoms with Crippen molar-refractivity contribution in [3.8, 4) is 0 Å². The second-order valence-corrected chi connectivity index (χ2v) is 6.40. The lowest BCUT2D eigenvalue weighted by Gasteiger charge is -2.45. The molecule has 2 aliphatic heterocycles. The number of halogens is 1. The van der Waals surface area contributed by atoms with Gasteiger partial charge in [0, 0.05) is 6.20 Å². The summed E-state index contributed by atoms with van der Waals surface area (Å²) in [6.45, 7) is 1.08. The molecule has 0 aliphatic carbocycles. The van der Waals surface area contributed by atoms with Gasteiger partial charge in [-0.05, 0) is 19.1 Å². The monoisotopic (exact) mass is 374 g/mol. The topological polar surface area (TPSA) is 130 Å². The summed E-state index contributed by atoms with van der Waals surface area (Å²) < 4.78 is 15.9. The molecule has 25 heavy (non-hydrogen) atoms. The van der Waals surface area contributed by atoms with Crippen LogP contribution in [-0.4, -0.2) is 75.2 Å². The van der Waals surface area contributed by atoms with E-state index in [1.807, 2.05) is 0 Å². The third-order valence-electron chi connectivity index (χ3n) is 4.29. The third kappa shape index (κ3) is 2.97. The molecule has 0 radical (unpaired) electrons. The van der Waals surface area contributed by atoms with E-state index in [0.717, 1.165) is 0 Å². The Morgan fingerprint density at radius 3 is 3.00 bits per heavy atom. The second-order valence-electron chi connectivity index (χ2n) is 5.87. The number of carbonyl (C=O) groups is 1. The van der Waals surface area contributed by atoms with Gasteiger partial charge in [-0.1, -0.05) is 11.6 Å². The Morgan fingerprint density at radius 2 is 2.32 bits per heavy atom. The van der Waals surface area contributed by atoms with Gasteiger partial charge >= 0.3 is 5.97 Å². The lowest BCUT2D eigenvalue weighted by molar-refractivity contribution is -0.243. The Balaban J connectivity index is 1.90. The number of aromatic nitrogens is 1. The molecule has 1 aromatic rings. The lowest BCUT2D eigenvalue weighted by Crippen LogP contribution is -2.67. The van der Waals surface area contributed by atoms with E-state index >= 15 is 0 Å². The molecule has 2 aliphatic rings. The van der Waals surface area contributed by atoms with E-state index in [-0.39, 0.29) is 24.6 Å². The van der Waals surface area contributed by atoms with E-state index < -0.39 is 41.7 Å². The fourth-order valence-corrected chi connectivity index (χ4v) is 3.33. The largest absolute Gasteiger partial charge is 0.462 e. The Bertz CT molecular complexity index is 663. The van der Waals surface area contributed by atoms with E-state index in [4.69, 9.17) is 25.8 Å². The highest BCUT2D eigenvalue weighted by atomic mass is 35.5. The predicted molar refractivity (Wildman–Crippen MR) is 85.1 cm³/mol. The molecule has 2 saturated heterocycles. The van der Waals surface area contributed by atoms with Gasteiger partial charge in [-0.3, -0.25) is 0 Å². The molecule has 4 N–H and O–H groups in total. The van der Waals surface area contributed by atoms with Crippen LogP contribution in [0.3, 0.4) is 0 Å². The number of hydrogen-bond donors (Lipinski definition) is 4. The molecule has 0 amide bonds. The van der Waals surface area contributed by atoms with Gasteiger partial charge in [0.15, 0.2) is 0 Å². The number of alkyl halides is 1. The van der Waals surface area contributed by atoms with Crippen LogP contribution < -0.4 is 5.32 Å². The summed E-state index contributed by atoms with van der Waals surface area (Å²) in [6.07, 6.45) is -1.47. The Hall–Kier alpha value is -1.49. The van der Waals surface area contributed by atoms with Crippen molar-refractivity contribution in [1.82, 2.24) is 4.98 Å². The number of aliphatic hydroxyl groups excluding tert-OH is 3. The van der Waals surface area contributed by atoms with Crippen LogP contribution in [-0.2, 0) is 14.2 Å². The van der Waals surface area contributed by atoms with Crippen LogP contribution in [0.4, 0.5) is 5.82 Å². The normalized spacial score (nSPS) is 36.9. The fourth-order valence-electron chi connectivity index (χ4n) is 2.94. The zero-order valence-electron chi connectivity index (χ0n) is 13.4. The zero-order chi connectivity index (χ0) is 18.2. The van der Waals surface area contributed by atoms with Crippen molar-refractivity contribution in [2.75, 3.05) is 25.1 Å². The second kappa shape index (κ2) is 6.67. The summed E-state index contributed by atoms with van der Waals surface area (Å²) in [5.74, 6) is -0.515. The van der Waals surface area contributed by atoms with Crippen LogP contribution >= 0.6 is 11.6 Å². The quantitative estimate of drug-likeness (QED) is 0.396. The molecule has 5 atom stereocenters. The molecule has 0 unspecified atom stereocenters. The van der Waals surface area contributed by atoms with Crippen molar-refractivity contribution >= 4 is 23.4 Å². The molecule has 2 fully saturated rings. The molecular weight excluding hydrogens is 356 g/mol. The van der Waals surface area contributed by atoms with Gasteiger partial charge in [0.2, 0.25) is 0 Å². The molecule has 10 heteroatoms. The zero-order valence-corrected chi connectivity index (χ0v) is 14.1. The first kappa shape index (κ1) is 18.3. The summed E-state index contributed by atoms with van der Waals surface area (Å²) in [5, 5.41) is 31.2. The first-order valence-corrected chi connectivity index (χ1v) is 8.13. The number of nitrogens with one attached hydrogen (secondary N) is 1. The standard InChI is InChI=1S/C15H19ClN2O7/c1-2-23-13(22)8-4-3-5-17-12(8)18-10-9(20)11(21)14(6-19)7-24-15(10,16)25-14/h3-5,9-11,19-21H,2,6-7H2,1H3,(H,17,18)/t9-,10-,11-,14+,15+/m1/s1. The molecular formula is C15H19ClN2O7. The highest BCUT2D eigenvalue weighted by Crippen LogP contribution is 2.46. The number of rotatable bonds is 5. The Morgan fingerprint density at radius 1 is 1.56 bits per heavy atom. The molecule has 1 aromatic heterocycles. The number of aliphatic hydroxyl groups is 3. The highest BCUT2D eigenvalue weighted by Gasteiger charge is 2.66. The van der Waals surface area contributed by atoms with Crippen LogP contribution in [0.25, 0.3) is 0 Å². The van der Waals surface area contributed by atoms with Crippen molar-refractivity contribution in [3.05, 3.63) is 23.9 Å². The number of pyridine rings is 1. The van der Waals surface area contributed by atoms with Crippen LogP contribution in [0.1, 0.15) is 17.3 Å². The summed E-state index contributed by atoms with van der Waals surface area (Å²) >= 11 is 6.31.